The molecule has 0 heterocycles. The van der Waals surface area contributed by atoms with Crippen LogP contribution in [0, 0.1) is 0 Å². The number of carbonyl (C=O) groups excluding carboxylic acids is 2. The van der Waals surface area contributed by atoms with E-state index in [1.54, 1.807) is 5.32 Å². The summed E-state index contributed by atoms with van der Waals surface area (Å²) in [4.78, 5) is 20.8. The van der Waals surface area contributed by atoms with Crippen LogP contribution in [0.15, 0.2) is 12.1 Å². The molecule has 1 rings (SSSR count). The number of benzene rings is 1. The first kappa shape index (κ1) is 9.85. The van der Waals surface area contributed by atoms with Crippen LogP contribution in [0.5, 0.6) is 17.2 Å². The Morgan fingerprint density at radius 3 is 2.14 bits per heavy atom. The highest BCUT2D eigenvalue weighted by Crippen LogP contribution is 2.35. The van der Waals surface area contributed by atoms with Crippen molar-refractivity contribution in [1.82, 2.24) is 5.32 Å². The van der Waals surface area contributed by atoms with E-state index in [4.69, 9.17) is 15.3 Å². The highest BCUT2D eigenvalue weighted by Gasteiger charge is 2.12. The molecule has 0 bridgehead atoms. The summed E-state index contributed by atoms with van der Waals surface area (Å²) in [6.45, 7) is 0. The molecular weight excluding hydrogens is 190 g/mol. The van der Waals surface area contributed by atoms with Crippen LogP contribution in [0.3, 0.4) is 0 Å². The van der Waals surface area contributed by atoms with Crippen molar-refractivity contribution in [2.75, 3.05) is 0 Å². The van der Waals surface area contributed by atoms with Crippen LogP contribution < -0.4 is 5.32 Å². The number of imide groups is 1. The van der Waals surface area contributed by atoms with Crippen molar-refractivity contribution >= 4 is 12.3 Å². The number of phenolic OH excluding ortho intramolecular Hbond substituents is 3. The fourth-order valence-corrected chi connectivity index (χ4v) is 0.854. The maximum Gasteiger partial charge on any atom is 0.316 e. The Hall–Kier alpha value is -2.24. The van der Waals surface area contributed by atoms with Gasteiger partial charge in [0.15, 0.2) is 17.2 Å². The van der Waals surface area contributed by atoms with Gasteiger partial charge in [-0.1, -0.05) is 0 Å². The maximum atomic E-state index is 11.0. The summed E-state index contributed by atoms with van der Waals surface area (Å²) in [5.41, 5.74) is -0.166. The van der Waals surface area contributed by atoms with E-state index in [1.165, 1.54) is 0 Å². The molecule has 73 valence electrons. The fraction of sp³-hybridized carbons (Fsp3) is 0. The Labute approximate surface area is 78.4 Å². The Kier molecular flexibility index (Phi) is 2.57. The van der Waals surface area contributed by atoms with Crippen LogP contribution in [0.1, 0.15) is 10.4 Å². The molecule has 0 spiro atoms. The number of hydrogen-bond donors (Lipinski definition) is 4. The lowest BCUT2D eigenvalue weighted by Crippen LogP contribution is -2.20. The lowest BCUT2D eigenvalue weighted by atomic mass is 10.1. The predicted molar refractivity (Wildman–Crippen MR) is 44.6 cm³/mol. The number of nitrogens with one attached hydrogen (secondary N) is 1. The van der Waals surface area contributed by atoms with Gasteiger partial charge in [-0.2, -0.15) is 0 Å². The van der Waals surface area contributed by atoms with E-state index in [2.05, 4.69) is 0 Å². The molecule has 0 aliphatic rings. The molecule has 1 aromatic rings. The molecule has 6 nitrogen and oxygen atoms in total. The van der Waals surface area contributed by atoms with E-state index in [0.29, 0.717) is 0 Å². The minimum atomic E-state index is -0.842. The van der Waals surface area contributed by atoms with Crippen molar-refractivity contribution in [1.29, 1.82) is 0 Å². The number of aromatic hydroxyl groups is 3. The summed E-state index contributed by atoms with van der Waals surface area (Å²) in [5.74, 6) is -2.87. The normalized spacial score (nSPS) is 9.43. The van der Waals surface area contributed by atoms with Gasteiger partial charge in [-0.05, 0) is 12.1 Å². The van der Waals surface area contributed by atoms with Crippen LogP contribution in [0.25, 0.3) is 0 Å². The van der Waals surface area contributed by atoms with Crippen molar-refractivity contribution in [2.24, 2.45) is 0 Å². The Bertz CT molecular complexity index is 364. The van der Waals surface area contributed by atoms with Gasteiger partial charge in [0, 0.05) is 5.56 Å². The average molecular weight is 196 g/mol. The highest BCUT2D eigenvalue weighted by molar-refractivity contribution is 6.00. The van der Waals surface area contributed by atoms with Crippen LogP contribution in [0.4, 0.5) is 0 Å². The van der Waals surface area contributed by atoms with Crippen LogP contribution in [-0.4, -0.2) is 27.6 Å². The predicted octanol–water partition coefficient (Wildman–Crippen LogP) is -0.400. The van der Waals surface area contributed by atoms with E-state index in [1.807, 2.05) is 0 Å². The van der Waals surface area contributed by atoms with Gasteiger partial charge in [-0.25, -0.2) is 0 Å². The van der Waals surface area contributed by atoms with Crippen molar-refractivity contribution in [2.45, 2.75) is 0 Å². The lowest BCUT2D eigenvalue weighted by molar-refractivity contribution is 0.0975. The van der Waals surface area contributed by atoms with Crippen molar-refractivity contribution < 1.29 is 24.9 Å². The molecule has 0 aliphatic carbocycles. The fourth-order valence-electron chi connectivity index (χ4n) is 0.854. The van der Waals surface area contributed by atoms with Gasteiger partial charge >= 0.3 is 6.41 Å². The number of rotatable bonds is 2. The summed E-state index contributed by atoms with van der Waals surface area (Å²) in [5, 5.41) is 28.6. The van der Waals surface area contributed by atoms with Crippen LogP contribution in [-0.2, 0) is 4.79 Å². The summed E-state index contributed by atoms with van der Waals surface area (Å²) < 4.78 is 0. The van der Waals surface area contributed by atoms with E-state index < -0.39 is 23.2 Å². The van der Waals surface area contributed by atoms with Crippen molar-refractivity contribution in [3.8, 4) is 17.2 Å². The number of carbonyl (C=O) groups is 1. The SMILES string of the molecule is O=[C]NC(=O)c1cc(O)c(O)c(O)c1. The van der Waals surface area contributed by atoms with Crippen molar-refractivity contribution in [3.63, 3.8) is 0 Å². The smallest absolute Gasteiger partial charge is 0.316 e. The number of amides is 2. The van der Waals surface area contributed by atoms with Gasteiger partial charge in [-0.15, -0.1) is 0 Å². The van der Waals surface area contributed by atoms with Gasteiger partial charge in [0.1, 0.15) is 0 Å². The van der Waals surface area contributed by atoms with Crippen molar-refractivity contribution in [3.05, 3.63) is 17.7 Å². The molecule has 0 aliphatic heterocycles. The van der Waals surface area contributed by atoms with Gasteiger partial charge in [-0.3, -0.25) is 14.9 Å². The van der Waals surface area contributed by atoms with E-state index in [0.717, 1.165) is 18.5 Å². The van der Waals surface area contributed by atoms with E-state index in [9.17, 15) is 9.59 Å². The zero-order valence-electron chi connectivity index (χ0n) is 6.81. The van der Waals surface area contributed by atoms with Gasteiger partial charge in [0.2, 0.25) is 0 Å². The third kappa shape index (κ3) is 1.74. The molecule has 2 amide bonds. The summed E-state index contributed by atoms with van der Waals surface area (Å²) in [6, 6.07) is 1.81. The molecule has 0 atom stereocenters. The molecule has 1 aromatic carbocycles. The molecular formula is C8H6NO5. The molecule has 0 unspecified atom stereocenters. The summed E-state index contributed by atoms with van der Waals surface area (Å²) in [7, 11) is 0. The lowest BCUT2D eigenvalue weighted by Gasteiger charge is -2.03. The topological polar surface area (TPSA) is 107 Å². The monoisotopic (exact) mass is 196 g/mol. The number of phenols is 3. The standard InChI is InChI=1S/C8H6NO5/c10-3-9-8(14)4-1-5(11)7(13)6(12)2-4/h1-2,11-13H,(H,9,10,14). The summed E-state index contributed by atoms with van der Waals surface area (Å²) >= 11 is 0. The maximum absolute atomic E-state index is 11.0. The van der Waals surface area contributed by atoms with Crippen LogP contribution >= 0.6 is 0 Å². The molecule has 0 aromatic heterocycles. The summed E-state index contributed by atoms with van der Waals surface area (Å²) in [6.07, 6.45) is 1.14. The third-order valence-electron chi connectivity index (χ3n) is 1.50. The minimum Gasteiger partial charge on any atom is -0.504 e. The quantitative estimate of drug-likeness (QED) is 0.380. The zero-order chi connectivity index (χ0) is 10.7. The molecule has 0 saturated carbocycles. The largest absolute Gasteiger partial charge is 0.504 e. The molecule has 1 radical (unpaired) electrons. The molecule has 6 heteroatoms. The first-order chi connectivity index (χ1) is 6.56. The van der Waals surface area contributed by atoms with E-state index >= 15 is 0 Å². The van der Waals surface area contributed by atoms with Gasteiger partial charge in [0.05, 0.1) is 0 Å². The third-order valence-corrected chi connectivity index (χ3v) is 1.50. The Morgan fingerprint density at radius 2 is 1.71 bits per heavy atom. The van der Waals surface area contributed by atoms with Gasteiger partial charge < -0.3 is 15.3 Å². The first-order valence-corrected chi connectivity index (χ1v) is 3.48. The molecule has 4 N–H and O–H groups in total. The first-order valence-electron chi connectivity index (χ1n) is 3.48. The van der Waals surface area contributed by atoms with Crippen LogP contribution in [0.2, 0.25) is 0 Å². The Balaban J connectivity index is 3.12. The number of hydrogen-bond acceptors (Lipinski definition) is 5. The zero-order valence-corrected chi connectivity index (χ0v) is 6.81. The Morgan fingerprint density at radius 1 is 1.21 bits per heavy atom. The highest BCUT2D eigenvalue weighted by atomic mass is 16.3. The second kappa shape index (κ2) is 3.65. The molecule has 14 heavy (non-hydrogen) atoms. The second-order valence-electron chi connectivity index (χ2n) is 2.42. The van der Waals surface area contributed by atoms with E-state index in [-0.39, 0.29) is 5.56 Å². The molecule has 0 saturated heterocycles. The minimum absolute atomic E-state index is 0.166. The molecule has 0 fully saturated rings. The second-order valence-corrected chi connectivity index (χ2v) is 2.42. The van der Waals surface area contributed by atoms with Gasteiger partial charge in [0.25, 0.3) is 5.91 Å². The average Bonchev–Trinajstić information content (AvgIpc) is 2.13.